The molecule has 0 bridgehead atoms. The standard InChI is InChI=1S/C21H22O7/c1-13(22)25-19-17(23)21(26-15-10-6-3-7-11-15)27-16-12-24-20(28-18(16)19)14-8-4-2-5-9-14/h2-11,16-21,23H,12H2,1H3/t16-,17-,18-,19-,20?,21-/m1/s1. The largest absolute Gasteiger partial charge is 0.462 e. The lowest BCUT2D eigenvalue weighted by Gasteiger charge is -2.47. The minimum atomic E-state index is -1.22. The number of aliphatic hydroxyl groups is 1. The van der Waals surface area contributed by atoms with Crippen molar-refractivity contribution in [3.05, 3.63) is 66.2 Å². The molecule has 4 rings (SSSR count). The van der Waals surface area contributed by atoms with E-state index in [-0.39, 0.29) is 6.61 Å². The fourth-order valence-electron chi connectivity index (χ4n) is 3.40. The van der Waals surface area contributed by atoms with Crippen molar-refractivity contribution in [3.8, 4) is 5.75 Å². The van der Waals surface area contributed by atoms with Crippen LogP contribution < -0.4 is 4.74 Å². The fourth-order valence-corrected chi connectivity index (χ4v) is 3.40. The Hall–Kier alpha value is -2.45. The van der Waals surface area contributed by atoms with Crippen LogP contribution in [-0.2, 0) is 23.7 Å². The van der Waals surface area contributed by atoms with Gasteiger partial charge in [-0.25, -0.2) is 0 Å². The van der Waals surface area contributed by atoms with Gasteiger partial charge in [0, 0.05) is 12.5 Å². The Morgan fingerprint density at radius 1 is 1.04 bits per heavy atom. The van der Waals surface area contributed by atoms with Gasteiger partial charge in [-0.05, 0) is 12.1 Å². The summed E-state index contributed by atoms with van der Waals surface area (Å²) in [5.74, 6) is 0.0147. The molecule has 0 aliphatic carbocycles. The van der Waals surface area contributed by atoms with E-state index in [9.17, 15) is 9.90 Å². The Morgan fingerprint density at radius 2 is 1.71 bits per heavy atom. The van der Waals surface area contributed by atoms with E-state index in [1.807, 2.05) is 48.5 Å². The van der Waals surface area contributed by atoms with Crippen molar-refractivity contribution in [2.24, 2.45) is 0 Å². The van der Waals surface area contributed by atoms with Gasteiger partial charge in [-0.2, -0.15) is 0 Å². The number of ether oxygens (including phenoxy) is 5. The quantitative estimate of drug-likeness (QED) is 0.807. The van der Waals surface area contributed by atoms with Crippen LogP contribution in [0.5, 0.6) is 5.75 Å². The van der Waals surface area contributed by atoms with Gasteiger partial charge in [-0.15, -0.1) is 0 Å². The average molecular weight is 386 g/mol. The highest BCUT2D eigenvalue weighted by Gasteiger charge is 2.52. The van der Waals surface area contributed by atoms with Crippen LogP contribution in [0.1, 0.15) is 18.8 Å². The zero-order valence-corrected chi connectivity index (χ0v) is 15.3. The van der Waals surface area contributed by atoms with Crippen LogP contribution in [-0.4, -0.2) is 48.4 Å². The number of fused-ring (bicyclic) bond motifs is 1. The van der Waals surface area contributed by atoms with E-state index in [4.69, 9.17) is 23.7 Å². The first-order valence-electron chi connectivity index (χ1n) is 9.16. The Morgan fingerprint density at radius 3 is 2.39 bits per heavy atom. The number of esters is 1. The van der Waals surface area contributed by atoms with E-state index in [2.05, 4.69) is 0 Å². The summed E-state index contributed by atoms with van der Waals surface area (Å²) in [5.41, 5.74) is 0.833. The SMILES string of the molecule is CC(=O)O[C@@H]1[C@@H](O)[C@H](Oc2ccccc2)O[C@@H]2COC(c3ccccc3)O[C@@H]12. The van der Waals surface area contributed by atoms with E-state index in [0.29, 0.717) is 5.75 Å². The van der Waals surface area contributed by atoms with Gasteiger partial charge in [0.2, 0.25) is 6.29 Å². The molecule has 148 valence electrons. The molecule has 6 atom stereocenters. The third-order valence-electron chi connectivity index (χ3n) is 4.68. The normalized spacial score (nSPS) is 32.2. The fraction of sp³-hybridized carbons (Fsp3) is 0.381. The predicted octanol–water partition coefficient (Wildman–Crippen LogP) is 2.20. The Kier molecular flexibility index (Phi) is 5.59. The smallest absolute Gasteiger partial charge is 0.303 e. The van der Waals surface area contributed by atoms with Crippen LogP contribution in [0.15, 0.2) is 60.7 Å². The lowest BCUT2D eigenvalue weighted by molar-refractivity contribution is -0.350. The van der Waals surface area contributed by atoms with Crippen molar-refractivity contribution in [1.29, 1.82) is 0 Å². The van der Waals surface area contributed by atoms with Crippen molar-refractivity contribution in [2.45, 2.75) is 43.9 Å². The topological polar surface area (TPSA) is 83.5 Å². The summed E-state index contributed by atoms with van der Waals surface area (Å²) >= 11 is 0. The van der Waals surface area contributed by atoms with Crippen LogP contribution in [0.3, 0.4) is 0 Å². The second kappa shape index (κ2) is 8.28. The van der Waals surface area contributed by atoms with E-state index in [1.54, 1.807) is 12.1 Å². The van der Waals surface area contributed by atoms with E-state index >= 15 is 0 Å². The van der Waals surface area contributed by atoms with E-state index in [1.165, 1.54) is 6.92 Å². The molecule has 2 aromatic carbocycles. The number of carbonyl (C=O) groups is 1. The molecule has 2 aromatic rings. The van der Waals surface area contributed by atoms with Gasteiger partial charge in [0.1, 0.15) is 18.0 Å². The predicted molar refractivity (Wildman–Crippen MR) is 97.3 cm³/mol. The lowest BCUT2D eigenvalue weighted by atomic mass is 9.97. The van der Waals surface area contributed by atoms with Crippen molar-refractivity contribution in [2.75, 3.05) is 6.61 Å². The zero-order valence-electron chi connectivity index (χ0n) is 15.3. The van der Waals surface area contributed by atoms with E-state index in [0.717, 1.165) is 5.56 Å². The number of para-hydroxylation sites is 1. The molecule has 2 saturated heterocycles. The van der Waals surface area contributed by atoms with Crippen LogP contribution in [0, 0.1) is 0 Å². The summed E-state index contributed by atoms with van der Waals surface area (Å²) in [6.07, 6.45) is -5.06. The monoisotopic (exact) mass is 386 g/mol. The number of benzene rings is 2. The zero-order chi connectivity index (χ0) is 19.5. The van der Waals surface area contributed by atoms with Crippen molar-refractivity contribution >= 4 is 5.97 Å². The molecule has 0 radical (unpaired) electrons. The maximum Gasteiger partial charge on any atom is 0.303 e. The number of hydrogen-bond acceptors (Lipinski definition) is 7. The highest BCUT2D eigenvalue weighted by atomic mass is 16.8. The molecule has 0 spiro atoms. The summed E-state index contributed by atoms with van der Waals surface area (Å²) in [7, 11) is 0. The third-order valence-corrected chi connectivity index (χ3v) is 4.68. The number of hydrogen-bond donors (Lipinski definition) is 1. The number of rotatable bonds is 4. The third kappa shape index (κ3) is 4.02. The highest BCUT2D eigenvalue weighted by molar-refractivity contribution is 5.66. The first-order valence-corrected chi connectivity index (χ1v) is 9.16. The summed E-state index contributed by atoms with van der Waals surface area (Å²) in [6, 6.07) is 18.4. The molecule has 2 aliphatic rings. The average Bonchev–Trinajstić information content (AvgIpc) is 2.72. The molecule has 0 aromatic heterocycles. The summed E-state index contributed by atoms with van der Waals surface area (Å²) < 4.78 is 28.9. The van der Waals surface area contributed by atoms with Crippen LogP contribution in [0.4, 0.5) is 0 Å². The maximum atomic E-state index is 11.6. The van der Waals surface area contributed by atoms with E-state index < -0.39 is 43.0 Å². The van der Waals surface area contributed by atoms with Gasteiger partial charge < -0.3 is 28.8 Å². The molecule has 7 heteroatoms. The Bertz CT molecular complexity index is 782. The van der Waals surface area contributed by atoms with Crippen molar-refractivity contribution in [3.63, 3.8) is 0 Å². The first-order chi connectivity index (χ1) is 13.6. The van der Waals surface area contributed by atoms with Gasteiger partial charge in [0.15, 0.2) is 18.5 Å². The Labute approximate surface area is 162 Å². The van der Waals surface area contributed by atoms with Crippen LogP contribution >= 0.6 is 0 Å². The Balaban J connectivity index is 1.54. The molecule has 2 heterocycles. The molecular weight excluding hydrogens is 364 g/mol. The van der Waals surface area contributed by atoms with Gasteiger partial charge in [0.05, 0.1) is 6.61 Å². The maximum absolute atomic E-state index is 11.6. The second-order valence-corrected chi connectivity index (χ2v) is 6.72. The van der Waals surface area contributed by atoms with Crippen LogP contribution in [0.2, 0.25) is 0 Å². The molecule has 1 N–H and O–H groups in total. The van der Waals surface area contributed by atoms with Gasteiger partial charge in [-0.1, -0.05) is 48.5 Å². The minimum Gasteiger partial charge on any atom is -0.462 e. The summed E-state index contributed by atoms with van der Waals surface area (Å²) in [4.78, 5) is 11.6. The molecule has 0 saturated carbocycles. The summed E-state index contributed by atoms with van der Waals surface area (Å²) in [6.45, 7) is 1.50. The molecule has 28 heavy (non-hydrogen) atoms. The van der Waals surface area contributed by atoms with Crippen LogP contribution in [0.25, 0.3) is 0 Å². The second-order valence-electron chi connectivity index (χ2n) is 6.72. The van der Waals surface area contributed by atoms with Gasteiger partial charge >= 0.3 is 5.97 Å². The molecule has 0 amide bonds. The molecule has 1 unspecified atom stereocenters. The van der Waals surface area contributed by atoms with Gasteiger partial charge in [-0.3, -0.25) is 4.79 Å². The minimum absolute atomic E-state index is 0.212. The molecule has 2 fully saturated rings. The molecule has 2 aliphatic heterocycles. The number of aliphatic hydroxyl groups excluding tert-OH is 1. The lowest BCUT2D eigenvalue weighted by Crippen LogP contribution is -2.64. The number of carbonyl (C=O) groups excluding carboxylic acids is 1. The molecule has 7 nitrogen and oxygen atoms in total. The molecular formula is C21H22O7. The first kappa shape index (κ1) is 18.9. The van der Waals surface area contributed by atoms with Crippen molar-refractivity contribution < 1.29 is 33.6 Å². The van der Waals surface area contributed by atoms with Crippen molar-refractivity contribution in [1.82, 2.24) is 0 Å². The van der Waals surface area contributed by atoms with Gasteiger partial charge in [0.25, 0.3) is 0 Å². The summed E-state index contributed by atoms with van der Waals surface area (Å²) in [5, 5.41) is 10.8. The highest BCUT2D eigenvalue weighted by Crippen LogP contribution is 2.35.